The molecule has 6 nitrogen and oxygen atoms in total. The number of hydrogen-bond acceptors (Lipinski definition) is 4. The van der Waals surface area contributed by atoms with Crippen LogP contribution in [0, 0.1) is 0 Å². The van der Waals surface area contributed by atoms with Gasteiger partial charge in [0.25, 0.3) is 0 Å². The molecule has 0 N–H and O–H groups in total. The summed E-state index contributed by atoms with van der Waals surface area (Å²) in [5, 5.41) is -0.155. The van der Waals surface area contributed by atoms with Crippen LogP contribution in [0.15, 0.2) is 12.7 Å². The van der Waals surface area contributed by atoms with Gasteiger partial charge in [-0.2, -0.15) is 0 Å². The molecule has 0 radical (unpaired) electrons. The van der Waals surface area contributed by atoms with Crippen LogP contribution in [-0.4, -0.2) is 67.2 Å². The standard InChI is InChI=1S/C14H22N2O4S/c1-2-7-15-11-14(20-10-13(15)17)5-8-16(9-6-14)21(18,19)12-3-4-12/h2,12H,1,3-11H2. The van der Waals surface area contributed by atoms with E-state index in [9.17, 15) is 13.2 Å². The molecule has 0 aromatic carbocycles. The summed E-state index contributed by atoms with van der Waals surface area (Å²) in [4.78, 5) is 13.5. The van der Waals surface area contributed by atoms with Gasteiger partial charge in [-0.1, -0.05) is 6.08 Å². The molecule has 3 aliphatic rings. The Morgan fingerprint density at radius 1 is 1.33 bits per heavy atom. The molecule has 1 saturated carbocycles. The summed E-state index contributed by atoms with van der Waals surface area (Å²) in [6.45, 7) is 5.81. The Balaban J connectivity index is 1.64. The smallest absolute Gasteiger partial charge is 0.248 e. The predicted molar refractivity (Wildman–Crippen MR) is 78.2 cm³/mol. The van der Waals surface area contributed by atoms with E-state index in [0.717, 1.165) is 12.8 Å². The van der Waals surface area contributed by atoms with Gasteiger partial charge in [0.2, 0.25) is 15.9 Å². The number of nitrogens with zero attached hydrogens (tertiary/aromatic N) is 2. The molecule has 21 heavy (non-hydrogen) atoms. The number of ether oxygens (including phenoxy) is 1. The number of amides is 1. The topological polar surface area (TPSA) is 66.9 Å². The molecule has 3 rings (SSSR count). The van der Waals surface area contributed by atoms with Crippen LogP contribution in [-0.2, 0) is 19.6 Å². The van der Waals surface area contributed by atoms with Crippen molar-refractivity contribution in [2.24, 2.45) is 0 Å². The average molecular weight is 314 g/mol. The van der Waals surface area contributed by atoms with E-state index in [4.69, 9.17) is 4.74 Å². The number of carbonyl (C=O) groups excluding carboxylic acids is 1. The monoisotopic (exact) mass is 314 g/mol. The number of hydrogen-bond donors (Lipinski definition) is 0. The lowest BCUT2D eigenvalue weighted by Crippen LogP contribution is -2.59. The van der Waals surface area contributed by atoms with E-state index in [1.807, 2.05) is 0 Å². The first-order valence-electron chi connectivity index (χ1n) is 7.48. The van der Waals surface area contributed by atoms with Crippen molar-refractivity contribution in [3.05, 3.63) is 12.7 Å². The normalized spacial score (nSPS) is 27.0. The van der Waals surface area contributed by atoms with Gasteiger partial charge in [0, 0.05) is 19.6 Å². The van der Waals surface area contributed by atoms with Gasteiger partial charge in [0.05, 0.1) is 17.4 Å². The van der Waals surface area contributed by atoms with E-state index < -0.39 is 10.0 Å². The Morgan fingerprint density at radius 3 is 2.57 bits per heavy atom. The van der Waals surface area contributed by atoms with Gasteiger partial charge >= 0.3 is 0 Å². The van der Waals surface area contributed by atoms with Gasteiger partial charge in [-0.3, -0.25) is 4.79 Å². The molecule has 0 unspecified atom stereocenters. The Bertz CT molecular complexity index is 533. The fourth-order valence-corrected chi connectivity index (χ4v) is 4.98. The van der Waals surface area contributed by atoms with E-state index in [1.54, 1.807) is 15.3 Å². The number of carbonyl (C=O) groups is 1. The van der Waals surface area contributed by atoms with E-state index in [2.05, 4.69) is 6.58 Å². The molecule has 2 heterocycles. The molecule has 0 bridgehead atoms. The molecule has 2 saturated heterocycles. The summed E-state index contributed by atoms with van der Waals surface area (Å²) in [6, 6.07) is 0. The largest absolute Gasteiger partial charge is 0.363 e. The maximum Gasteiger partial charge on any atom is 0.248 e. The first-order chi connectivity index (χ1) is 9.97. The number of morpholine rings is 1. The minimum atomic E-state index is -3.10. The molecule has 0 atom stereocenters. The summed E-state index contributed by atoms with van der Waals surface area (Å²) in [6.07, 6.45) is 4.60. The third-order valence-electron chi connectivity index (χ3n) is 4.62. The molecule has 1 spiro atoms. The van der Waals surface area contributed by atoms with Crippen LogP contribution in [0.1, 0.15) is 25.7 Å². The Kier molecular flexibility index (Phi) is 3.83. The average Bonchev–Trinajstić information content (AvgIpc) is 3.29. The van der Waals surface area contributed by atoms with Gasteiger partial charge in [0.1, 0.15) is 6.61 Å². The highest BCUT2D eigenvalue weighted by atomic mass is 32.2. The van der Waals surface area contributed by atoms with Crippen molar-refractivity contribution < 1.29 is 17.9 Å². The first-order valence-corrected chi connectivity index (χ1v) is 8.99. The van der Waals surface area contributed by atoms with Crippen molar-refractivity contribution in [3.63, 3.8) is 0 Å². The highest BCUT2D eigenvalue weighted by molar-refractivity contribution is 7.90. The zero-order valence-corrected chi connectivity index (χ0v) is 13.0. The van der Waals surface area contributed by atoms with Gasteiger partial charge in [0.15, 0.2) is 0 Å². The third-order valence-corrected chi connectivity index (χ3v) is 7.02. The minimum Gasteiger partial charge on any atom is -0.363 e. The molecule has 2 aliphatic heterocycles. The number of piperidine rings is 1. The lowest BCUT2D eigenvalue weighted by Gasteiger charge is -2.46. The summed E-state index contributed by atoms with van der Waals surface area (Å²) in [7, 11) is -3.10. The summed E-state index contributed by atoms with van der Waals surface area (Å²) in [5.74, 6) is -0.0199. The van der Waals surface area contributed by atoms with Crippen molar-refractivity contribution in [2.75, 3.05) is 32.8 Å². The van der Waals surface area contributed by atoms with Crippen LogP contribution in [0.5, 0.6) is 0 Å². The second kappa shape index (κ2) is 5.37. The fourth-order valence-electron chi connectivity index (χ4n) is 3.14. The minimum absolute atomic E-state index is 0.0199. The maximum absolute atomic E-state index is 12.2. The van der Waals surface area contributed by atoms with E-state index in [0.29, 0.717) is 39.0 Å². The highest BCUT2D eigenvalue weighted by Gasteiger charge is 2.47. The quantitative estimate of drug-likeness (QED) is 0.703. The second-order valence-corrected chi connectivity index (χ2v) is 8.39. The number of sulfonamides is 1. The van der Waals surface area contributed by atoms with Gasteiger partial charge in [-0.25, -0.2) is 12.7 Å². The predicted octanol–water partition coefficient (Wildman–Crippen LogP) is 0.358. The van der Waals surface area contributed by atoms with Gasteiger partial charge in [-0.05, 0) is 25.7 Å². The van der Waals surface area contributed by atoms with E-state index >= 15 is 0 Å². The molecule has 118 valence electrons. The molecular weight excluding hydrogens is 292 g/mol. The Hall–Kier alpha value is -0.920. The van der Waals surface area contributed by atoms with Crippen molar-refractivity contribution in [1.82, 2.24) is 9.21 Å². The van der Waals surface area contributed by atoms with Crippen molar-refractivity contribution in [2.45, 2.75) is 36.5 Å². The van der Waals surface area contributed by atoms with Crippen LogP contribution in [0.25, 0.3) is 0 Å². The van der Waals surface area contributed by atoms with Crippen LogP contribution < -0.4 is 0 Å². The second-order valence-electron chi connectivity index (χ2n) is 6.18. The molecule has 0 aromatic rings. The molecule has 3 fully saturated rings. The lowest BCUT2D eigenvalue weighted by atomic mass is 9.90. The van der Waals surface area contributed by atoms with E-state index in [1.165, 1.54) is 0 Å². The van der Waals surface area contributed by atoms with Crippen molar-refractivity contribution >= 4 is 15.9 Å². The lowest BCUT2D eigenvalue weighted by molar-refractivity contribution is -0.168. The Morgan fingerprint density at radius 2 is 2.00 bits per heavy atom. The van der Waals surface area contributed by atoms with Crippen molar-refractivity contribution in [1.29, 1.82) is 0 Å². The van der Waals surface area contributed by atoms with Gasteiger partial charge < -0.3 is 9.64 Å². The van der Waals surface area contributed by atoms with Gasteiger partial charge in [-0.15, -0.1) is 6.58 Å². The molecule has 1 amide bonds. The summed E-state index contributed by atoms with van der Waals surface area (Å²) >= 11 is 0. The van der Waals surface area contributed by atoms with Crippen molar-refractivity contribution in [3.8, 4) is 0 Å². The number of rotatable bonds is 4. The van der Waals surface area contributed by atoms with Crippen LogP contribution in [0.4, 0.5) is 0 Å². The van der Waals surface area contributed by atoms with Crippen LogP contribution in [0.2, 0.25) is 0 Å². The summed E-state index contributed by atoms with van der Waals surface area (Å²) in [5.41, 5.74) is -0.382. The summed E-state index contributed by atoms with van der Waals surface area (Å²) < 4.78 is 31.9. The zero-order valence-electron chi connectivity index (χ0n) is 12.2. The molecular formula is C14H22N2O4S. The van der Waals surface area contributed by atoms with E-state index in [-0.39, 0.29) is 23.4 Å². The molecule has 1 aliphatic carbocycles. The fraction of sp³-hybridized carbons (Fsp3) is 0.786. The van der Waals surface area contributed by atoms with Crippen LogP contribution >= 0.6 is 0 Å². The zero-order chi connectivity index (χ0) is 15.1. The van der Waals surface area contributed by atoms with Crippen LogP contribution in [0.3, 0.4) is 0 Å². The Labute approximate surface area is 125 Å². The molecule has 0 aromatic heterocycles. The first kappa shape index (κ1) is 15.0. The highest BCUT2D eigenvalue weighted by Crippen LogP contribution is 2.36. The SMILES string of the molecule is C=CCN1CC2(CCN(S(=O)(=O)C3CC3)CC2)OCC1=O. The molecule has 7 heteroatoms. The maximum atomic E-state index is 12.2. The third kappa shape index (κ3) is 2.86.